The van der Waals surface area contributed by atoms with Gasteiger partial charge in [-0.15, -0.1) is 0 Å². The van der Waals surface area contributed by atoms with Crippen molar-refractivity contribution in [1.82, 2.24) is 24.3 Å². The van der Waals surface area contributed by atoms with Crippen molar-refractivity contribution in [2.75, 3.05) is 13.1 Å². The molecule has 1 aliphatic heterocycles. The van der Waals surface area contributed by atoms with E-state index in [1.165, 1.54) is 5.56 Å². The number of nitrogens with zero attached hydrogens (tertiary/aromatic N) is 4. The summed E-state index contributed by atoms with van der Waals surface area (Å²) in [5.41, 5.74) is 4.17. The molecule has 4 aromatic carbocycles. The molecule has 10 heteroatoms. The van der Waals surface area contributed by atoms with Crippen molar-refractivity contribution in [3.05, 3.63) is 142 Å². The maximum absolute atomic E-state index is 14.6. The number of carbonyl (C=O) groups excluding carboxylic acids is 1. The van der Waals surface area contributed by atoms with Crippen molar-refractivity contribution < 1.29 is 19.4 Å². The standard InChI is InChI=1S/C43H51N5O5/c1-43(2,3)53-40(49)44-27-29-46-37-24-13-14-25-38(37)48(41(46)50)36-26-28-47(42(51)52)39(35(36)23-15-22-32-16-7-4-8-17-32)45(30-33-18-9-5-10-19-33)31-34-20-11-6-12-21-34/h4-14,16-21,24-25,35-36,39H,15,22-23,26-31H2,1-3H3,(H,44,49)(H,51,52)/t35?,36-,39-/m0/s1. The van der Waals surface area contributed by atoms with E-state index in [-0.39, 0.29) is 37.3 Å². The Balaban J connectivity index is 1.41. The molecule has 2 heterocycles. The molecule has 5 aromatic rings. The lowest BCUT2D eigenvalue weighted by Crippen LogP contribution is -2.59. The molecule has 1 unspecified atom stereocenters. The number of carboxylic acid groups (broad SMARTS) is 1. The number of amides is 2. The van der Waals surface area contributed by atoms with E-state index in [0.29, 0.717) is 25.9 Å². The summed E-state index contributed by atoms with van der Waals surface area (Å²) in [4.78, 5) is 44.2. The topological polar surface area (TPSA) is 109 Å². The summed E-state index contributed by atoms with van der Waals surface area (Å²) in [6.07, 6.45) is 0.865. The number of hydrogen-bond acceptors (Lipinski definition) is 5. The predicted molar refractivity (Wildman–Crippen MR) is 208 cm³/mol. The van der Waals surface area contributed by atoms with E-state index in [4.69, 9.17) is 4.74 Å². The number of para-hydroxylation sites is 2. The second kappa shape index (κ2) is 17.0. The molecule has 1 aromatic heterocycles. The van der Waals surface area contributed by atoms with Gasteiger partial charge in [-0.1, -0.05) is 103 Å². The highest BCUT2D eigenvalue weighted by Gasteiger charge is 2.45. The minimum Gasteiger partial charge on any atom is -0.465 e. The Bertz CT molecular complexity index is 1960. The highest BCUT2D eigenvalue weighted by Crippen LogP contribution is 2.40. The van der Waals surface area contributed by atoms with Gasteiger partial charge >= 0.3 is 17.9 Å². The van der Waals surface area contributed by atoms with Gasteiger partial charge in [0.2, 0.25) is 0 Å². The SMILES string of the molecule is CC(C)(C)OC(=O)NCCn1c(=O)n([C@H]2CCN(C(=O)O)[C@H](N(Cc3ccccc3)Cc3ccccc3)C2CCCc2ccccc2)c2ccccc21. The summed E-state index contributed by atoms with van der Waals surface area (Å²) >= 11 is 0. The molecule has 3 atom stereocenters. The van der Waals surface area contributed by atoms with Crippen LogP contribution < -0.4 is 11.0 Å². The van der Waals surface area contributed by atoms with Crippen LogP contribution in [0.25, 0.3) is 11.0 Å². The molecule has 53 heavy (non-hydrogen) atoms. The van der Waals surface area contributed by atoms with Gasteiger partial charge < -0.3 is 15.2 Å². The molecule has 1 saturated heterocycles. The zero-order chi connectivity index (χ0) is 37.4. The first-order valence-corrected chi connectivity index (χ1v) is 18.6. The van der Waals surface area contributed by atoms with Crippen LogP contribution in [0.2, 0.25) is 0 Å². The molecule has 0 spiro atoms. The van der Waals surface area contributed by atoms with Gasteiger partial charge in [0.15, 0.2) is 0 Å². The number of rotatable bonds is 13. The first-order chi connectivity index (χ1) is 25.6. The number of aromatic nitrogens is 2. The fourth-order valence-corrected chi connectivity index (χ4v) is 7.80. The Morgan fingerprint density at radius 3 is 1.92 bits per heavy atom. The van der Waals surface area contributed by atoms with Crippen molar-refractivity contribution in [1.29, 1.82) is 0 Å². The molecule has 2 amide bonds. The van der Waals surface area contributed by atoms with E-state index in [1.54, 1.807) is 9.47 Å². The van der Waals surface area contributed by atoms with Crippen molar-refractivity contribution in [3.63, 3.8) is 0 Å². The maximum Gasteiger partial charge on any atom is 0.408 e. The van der Waals surface area contributed by atoms with Crippen LogP contribution in [0.4, 0.5) is 9.59 Å². The number of alkyl carbamates (subject to hydrolysis) is 1. The lowest BCUT2D eigenvalue weighted by Gasteiger charge is -2.49. The van der Waals surface area contributed by atoms with Crippen LogP contribution in [0.15, 0.2) is 120 Å². The molecular weight excluding hydrogens is 667 g/mol. The van der Waals surface area contributed by atoms with Crippen LogP contribution >= 0.6 is 0 Å². The quantitative estimate of drug-likeness (QED) is 0.128. The van der Waals surface area contributed by atoms with Crippen LogP contribution in [0, 0.1) is 5.92 Å². The number of benzene rings is 4. The third-order valence-corrected chi connectivity index (χ3v) is 9.99. The average Bonchev–Trinajstić information content (AvgIpc) is 3.42. The maximum atomic E-state index is 14.6. The summed E-state index contributed by atoms with van der Waals surface area (Å²) in [6.45, 7) is 7.27. The van der Waals surface area contributed by atoms with E-state index in [9.17, 15) is 19.5 Å². The number of imidazole rings is 1. The molecule has 1 fully saturated rings. The van der Waals surface area contributed by atoms with Gasteiger partial charge in [0, 0.05) is 44.7 Å². The van der Waals surface area contributed by atoms with E-state index >= 15 is 0 Å². The van der Waals surface area contributed by atoms with E-state index in [1.807, 2.05) is 104 Å². The minimum absolute atomic E-state index is 0.171. The summed E-state index contributed by atoms with van der Waals surface area (Å²) < 4.78 is 9.05. The summed E-state index contributed by atoms with van der Waals surface area (Å²) in [5.74, 6) is -0.215. The normalized spacial score (nSPS) is 17.6. The number of ether oxygens (including phenoxy) is 1. The van der Waals surface area contributed by atoms with E-state index in [2.05, 4.69) is 46.6 Å². The molecule has 0 aliphatic carbocycles. The third-order valence-electron chi connectivity index (χ3n) is 9.99. The van der Waals surface area contributed by atoms with Crippen LogP contribution in [0.1, 0.15) is 62.8 Å². The molecule has 0 bridgehead atoms. The Hall–Kier alpha value is -5.35. The molecule has 278 valence electrons. The third kappa shape index (κ3) is 9.37. The van der Waals surface area contributed by atoms with Gasteiger partial charge in [0.1, 0.15) is 5.60 Å². The largest absolute Gasteiger partial charge is 0.465 e. The van der Waals surface area contributed by atoms with Crippen LogP contribution in [-0.2, 0) is 30.8 Å². The number of aryl methyl sites for hydroxylation is 1. The van der Waals surface area contributed by atoms with Crippen molar-refractivity contribution in [3.8, 4) is 0 Å². The van der Waals surface area contributed by atoms with Gasteiger partial charge in [-0.2, -0.15) is 0 Å². The number of hydrogen-bond donors (Lipinski definition) is 2. The van der Waals surface area contributed by atoms with Gasteiger partial charge in [-0.3, -0.25) is 18.9 Å². The Morgan fingerprint density at radius 2 is 1.36 bits per heavy atom. The van der Waals surface area contributed by atoms with E-state index in [0.717, 1.165) is 35.0 Å². The lowest BCUT2D eigenvalue weighted by molar-refractivity contribution is -0.0492. The highest BCUT2D eigenvalue weighted by atomic mass is 16.6. The van der Waals surface area contributed by atoms with Crippen molar-refractivity contribution in [2.45, 2.75) is 83.9 Å². The Labute approximate surface area is 311 Å². The molecule has 0 saturated carbocycles. The molecule has 2 N–H and O–H groups in total. The van der Waals surface area contributed by atoms with Crippen molar-refractivity contribution >= 4 is 23.2 Å². The Kier molecular flexibility index (Phi) is 12.0. The summed E-state index contributed by atoms with van der Waals surface area (Å²) in [7, 11) is 0. The first kappa shape index (κ1) is 37.4. The minimum atomic E-state index is -0.962. The zero-order valence-corrected chi connectivity index (χ0v) is 30.9. The Morgan fingerprint density at radius 1 is 0.811 bits per heavy atom. The van der Waals surface area contributed by atoms with Gasteiger partial charge in [-0.25, -0.2) is 14.4 Å². The van der Waals surface area contributed by atoms with Gasteiger partial charge in [0.25, 0.3) is 0 Å². The average molecular weight is 718 g/mol. The molecule has 10 nitrogen and oxygen atoms in total. The predicted octanol–water partition coefficient (Wildman–Crippen LogP) is 7.92. The van der Waals surface area contributed by atoms with Crippen LogP contribution in [0.3, 0.4) is 0 Å². The molecule has 0 radical (unpaired) electrons. The van der Waals surface area contributed by atoms with Crippen LogP contribution in [0.5, 0.6) is 0 Å². The fraction of sp³-hybridized carbons (Fsp3) is 0.372. The molecule has 1 aliphatic rings. The number of carbonyl (C=O) groups is 2. The first-order valence-electron chi connectivity index (χ1n) is 18.6. The monoisotopic (exact) mass is 717 g/mol. The molecule has 6 rings (SSSR count). The van der Waals surface area contributed by atoms with Crippen molar-refractivity contribution in [2.24, 2.45) is 5.92 Å². The number of fused-ring (bicyclic) bond motifs is 1. The number of piperidine rings is 1. The lowest BCUT2D eigenvalue weighted by atomic mass is 9.83. The second-order valence-corrected chi connectivity index (χ2v) is 14.9. The van der Waals surface area contributed by atoms with Crippen LogP contribution in [-0.4, -0.2) is 61.1 Å². The number of nitrogens with one attached hydrogen (secondary N) is 1. The number of likely N-dealkylation sites (tertiary alicyclic amines) is 1. The summed E-state index contributed by atoms with van der Waals surface area (Å²) in [5, 5.41) is 13.6. The zero-order valence-electron chi connectivity index (χ0n) is 30.9. The fourth-order valence-electron chi connectivity index (χ4n) is 7.80. The van der Waals surface area contributed by atoms with E-state index < -0.39 is 24.0 Å². The summed E-state index contributed by atoms with van der Waals surface area (Å²) in [6, 6.07) is 38.2. The highest BCUT2D eigenvalue weighted by molar-refractivity contribution is 5.76. The van der Waals surface area contributed by atoms with Gasteiger partial charge in [0.05, 0.1) is 17.2 Å². The molecular formula is C43H51N5O5. The smallest absolute Gasteiger partial charge is 0.408 e. The van der Waals surface area contributed by atoms with Gasteiger partial charge in [-0.05, 0) is 75.3 Å². The second-order valence-electron chi connectivity index (χ2n) is 14.9.